The summed E-state index contributed by atoms with van der Waals surface area (Å²) < 4.78 is 25.9. The van der Waals surface area contributed by atoms with Crippen molar-refractivity contribution in [3.63, 3.8) is 0 Å². The second-order valence-electron chi connectivity index (χ2n) is 5.79. The Morgan fingerprint density at radius 2 is 1.15 bits per heavy atom. The lowest BCUT2D eigenvalue weighted by atomic mass is 10.0. The van der Waals surface area contributed by atoms with Crippen LogP contribution in [0.3, 0.4) is 0 Å². The van der Waals surface area contributed by atoms with Gasteiger partial charge in [-0.3, -0.25) is 9.59 Å². The van der Waals surface area contributed by atoms with Gasteiger partial charge in [0.25, 0.3) is 11.8 Å². The van der Waals surface area contributed by atoms with E-state index in [1.54, 1.807) is 0 Å². The molecule has 0 spiro atoms. The van der Waals surface area contributed by atoms with E-state index in [1.165, 1.54) is 24.3 Å². The molecule has 0 bridgehead atoms. The fraction of sp³-hybridized carbons (Fsp3) is 0.125. The number of azo groups is 2. The highest BCUT2D eigenvalue weighted by molar-refractivity contribution is 7.91. The molecule has 0 aliphatic carbocycles. The lowest BCUT2D eigenvalue weighted by molar-refractivity contribution is 0.0939. The quantitative estimate of drug-likeness (QED) is 0.799. The molecule has 2 atom stereocenters. The number of aliphatic hydroxyl groups is 2. The van der Waals surface area contributed by atoms with Gasteiger partial charge in [-0.05, 0) is 36.4 Å². The zero-order valence-corrected chi connectivity index (χ0v) is 14.2. The average molecular weight is 386 g/mol. The number of benzene rings is 2. The summed E-state index contributed by atoms with van der Waals surface area (Å²) >= 11 is 0. The van der Waals surface area contributed by atoms with E-state index in [2.05, 4.69) is 20.5 Å². The van der Waals surface area contributed by atoms with Gasteiger partial charge in [0, 0.05) is 11.1 Å². The second kappa shape index (κ2) is 5.94. The Morgan fingerprint density at radius 3 is 1.56 bits per heavy atom. The molecule has 4 rings (SSSR count). The van der Waals surface area contributed by atoms with Crippen molar-refractivity contribution in [2.24, 2.45) is 20.5 Å². The van der Waals surface area contributed by atoms with Crippen LogP contribution in [-0.4, -0.2) is 30.4 Å². The van der Waals surface area contributed by atoms with Gasteiger partial charge in [-0.25, -0.2) is 8.42 Å². The van der Waals surface area contributed by atoms with Crippen LogP contribution in [0.1, 0.15) is 44.3 Å². The fourth-order valence-corrected chi connectivity index (χ4v) is 4.15. The number of aliphatic hydroxyl groups excluding tert-OH is 2. The summed E-state index contributed by atoms with van der Waals surface area (Å²) in [6, 6.07) is 7.20. The van der Waals surface area contributed by atoms with Crippen LogP contribution in [0.2, 0.25) is 0 Å². The summed E-state index contributed by atoms with van der Waals surface area (Å²) in [7, 11) is -4.08. The van der Waals surface area contributed by atoms with Crippen LogP contribution in [0.25, 0.3) is 0 Å². The van der Waals surface area contributed by atoms with Gasteiger partial charge >= 0.3 is 0 Å². The average Bonchev–Trinajstić information content (AvgIpc) is 2.67. The predicted octanol–water partition coefficient (Wildman–Crippen LogP) is 1.71. The Morgan fingerprint density at radius 1 is 0.741 bits per heavy atom. The van der Waals surface area contributed by atoms with E-state index >= 15 is 0 Å². The first-order valence-corrected chi connectivity index (χ1v) is 9.07. The normalized spacial score (nSPS) is 21.1. The van der Waals surface area contributed by atoms with Gasteiger partial charge in [0.15, 0.2) is 12.5 Å². The van der Waals surface area contributed by atoms with Crippen molar-refractivity contribution in [2.45, 2.75) is 22.2 Å². The van der Waals surface area contributed by atoms with Crippen LogP contribution in [0, 0.1) is 0 Å². The molecular weight excluding hydrogens is 376 g/mol. The number of amides is 2. The standard InChI is InChI=1S/C16H10N4O6S/c21-13-9-3-1-7(5-11(9)15(23)19-17-13)27(25,26)8-2-4-10-12(6-8)16(24)20-18-14(10)22/h1-6,15-16,23-24H. The number of carbonyl (C=O) groups excluding carboxylic acids is 2. The summed E-state index contributed by atoms with van der Waals surface area (Å²) in [5, 5.41) is 33.0. The number of sulfone groups is 1. The topological polar surface area (TPSA) is 158 Å². The molecule has 10 nitrogen and oxygen atoms in total. The van der Waals surface area contributed by atoms with E-state index in [4.69, 9.17) is 0 Å². The monoisotopic (exact) mass is 386 g/mol. The number of fused-ring (bicyclic) bond motifs is 2. The Hall–Kier alpha value is -3.15. The number of hydrogen-bond acceptors (Lipinski definition) is 8. The maximum Gasteiger partial charge on any atom is 0.295 e. The highest BCUT2D eigenvalue weighted by Crippen LogP contribution is 2.33. The van der Waals surface area contributed by atoms with Crippen LogP contribution >= 0.6 is 0 Å². The first kappa shape index (κ1) is 17.3. The lowest BCUT2D eigenvalue weighted by Gasteiger charge is -2.17. The third kappa shape index (κ3) is 2.68. The molecule has 11 heteroatoms. The largest absolute Gasteiger partial charge is 0.366 e. The van der Waals surface area contributed by atoms with E-state index in [9.17, 15) is 28.2 Å². The third-order valence-electron chi connectivity index (χ3n) is 4.20. The van der Waals surface area contributed by atoms with Crippen LogP contribution in [0.5, 0.6) is 0 Å². The minimum absolute atomic E-state index is 0.0260. The number of rotatable bonds is 2. The summed E-state index contributed by atoms with van der Waals surface area (Å²) in [5.41, 5.74) is 0.169. The molecule has 2 unspecified atom stereocenters. The molecule has 2 aliphatic heterocycles. The van der Waals surface area contributed by atoms with E-state index in [0.29, 0.717) is 0 Å². The molecular formula is C16H10N4O6S. The molecule has 27 heavy (non-hydrogen) atoms. The first-order valence-electron chi connectivity index (χ1n) is 7.58. The van der Waals surface area contributed by atoms with Gasteiger partial charge in [0.2, 0.25) is 9.84 Å². The molecule has 2 aromatic rings. The van der Waals surface area contributed by atoms with Crippen molar-refractivity contribution < 1.29 is 28.2 Å². The van der Waals surface area contributed by atoms with Gasteiger partial charge in [0.05, 0.1) is 20.9 Å². The summed E-state index contributed by atoms with van der Waals surface area (Å²) in [6.45, 7) is 0. The van der Waals surface area contributed by atoms with Crippen LogP contribution in [0.15, 0.2) is 66.6 Å². The summed E-state index contributed by atoms with van der Waals surface area (Å²) in [6.07, 6.45) is -2.90. The minimum atomic E-state index is -4.08. The first-order chi connectivity index (χ1) is 12.8. The number of carbonyl (C=O) groups is 2. The van der Waals surface area contributed by atoms with Crippen molar-refractivity contribution in [3.05, 3.63) is 58.7 Å². The maximum absolute atomic E-state index is 12.9. The van der Waals surface area contributed by atoms with Crippen molar-refractivity contribution in [1.29, 1.82) is 0 Å². The highest BCUT2D eigenvalue weighted by atomic mass is 32.2. The van der Waals surface area contributed by atoms with Gasteiger partial charge in [-0.1, -0.05) is 0 Å². The summed E-state index contributed by atoms with van der Waals surface area (Å²) in [5.74, 6) is -1.36. The molecule has 2 heterocycles. The number of hydrogen-bond donors (Lipinski definition) is 2. The molecule has 136 valence electrons. The van der Waals surface area contributed by atoms with Crippen molar-refractivity contribution >= 4 is 21.7 Å². The molecule has 0 radical (unpaired) electrons. The van der Waals surface area contributed by atoms with Gasteiger partial charge < -0.3 is 10.2 Å². The van der Waals surface area contributed by atoms with Gasteiger partial charge in [0.1, 0.15) is 0 Å². The maximum atomic E-state index is 12.9. The highest BCUT2D eigenvalue weighted by Gasteiger charge is 2.29. The molecule has 2 amide bonds. The zero-order chi connectivity index (χ0) is 19.3. The van der Waals surface area contributed by atoms with E-state index in [-0.39, 0.29) is 32.0 Å². The molecule has 2 aromatic carbocycles. The smallest absolute Gasteiger partial charge is 0.295 e. The lowest BCUT2D eigenvalue weighted by Crippen LogP contribution is -2.13. The second-order valence-corrected chi connectivity index (χ2v) is 7.74. The van der Waals surface area contributed by atoms with E-state index in [1.807, 2.05) is 0 Å². The van der Waals surface area contributed by atoms with Crippen LogP contribution < -0.4 is 0 Å². The van der Waals surface area contributed by atoms with Gasteiger partial charge in [-0.2, -0.15) is 0 Å². The summed E-state index contributed by atoms with van der Waals surface area (Å²) in [4.78, 5) is 23.0. The van der Waals surface area contributed by atoms with Crippen LogP contribution in [0.4, 0.5) is 0 Å². The molecule has 0 aromatic heterocycles. The molecule has 2 aliphatic rings. The van der Waals surface area contributed by atoms with Crippen molar-refractivity contribution in [1.82, 2.24) is 0 Å². The SMILES string of the molecule is O=C1N=NC(O)c2cc(S(=O)(=O)c3ccc4c(c3)C(O)N=NC4=O)ccc21. The molecule has 0 fully saturated rings. The third-order valence-corrected chi connectivity index (χ3v) is 5.95. The Bertz CT molecular complexity index is 1090. The zero-order valence-electron chi connectivity index (χ0n) is 13.3. The van der Waals surface area contributed by atoms with E-state index < -0.39 is 34.1 Å². The Balaban J connectivity index is 1.82. The Labute approximate surface area is 151 Å². The Kier molecular flexibility index (Phi) is 3.80. The number of nitrogens with zero attached hydrogens (tertiary/aromatic N) is 4. The molecule has 0 saturated heterocycles. The fourth-order valence-electron chi connectivity index (χ4n) is 2.82. The van der Waals surface area contributed by atoms with E-state index in [0.717, 1.165) is 12.1 Å². The molecule has 0 saturated carbocycles. The predicted molar refractivity (Wildman–Crippen MR) is 86.6 cm³/mol. The minimum Gasteiger partial charge on any atom is -0.366 e. The van der Waals surface area contributed by atoms with Gasteiger partial charge in [-0.15, -0.1) is 20.5 Å². The van der Waals surface area contributed by atoms with Crippen molar-refractivity contribution in [3.8, 4) is 0 Å². The van der Waals surface area contributed by atoms with Crippen LogP contribution in [-0.2, 0) is 9.84 Å². The molecule has 2 N–H and O–H groups in total. The van der Waals surface area contributed by atoms with Crippen molar-refractivity contribution in [2.75, 3.05) is 0 Å².